The summed E-state index contributed by atoms with van der Waals surface area (Å²) in [6, 6.07) is 0. The van der Waals surface area contributed by atoms with Gasteiger partial charge in [-0.25, -0.2) is 4.79 Å². The van der Waals surface area contributed by atoms with Crippen molar-refractivity contribution in [3.05, 3.63) is 24.3 Å². The van der Waals surface area contributed by atoms with Crippen LogP contribution >= 0.6 is 0 Å². The number of carbonyl (C=O) groups excluding carboxylic acids is 1. The Morgan fingerprint density at radius 2 is 0.750 bits per heavy atom. The second kappa shape index (κ2) is 36.0. The molecule has 0 aliphatic heterocycles. The molecule has 0 heterocycles. The summed E-state index contributed by atoms with van der Waals surface area (Å²) >= 11 is 0. The van der Waals surface area contributed by atoms with Crippen molar-refractivity contribution in [2.24, 2.45) is 0 Å². The molecule has 0 fully saturated rings. The van der Waals surface area contributed by atoms with Crippen LogP contribution in [0.2, 0.25) is 0 Å². The summed E-state index contributed by atoms with van der Waals surface area (Å²) in [6.07, 6.45) is 48.6. The molecule has 0 rings (SSSR count). The highest BCUT2D eigenvalue weighted by molar-refractivity contribution is 5.82. The van der Waals surface area contributed by atoms with Crippen LogP contribution in [0, 0.1) is 0 Å². The SMILES string of the molecule is CCCCCCCCCCCCCCCC=CC=CC(=O)OCCCCCCCCCCCCCCCCCC. The first kappa shape index (κ1) is 39.0. The summed E-state index contributed by atoms with van der Waals surface area (Å²) < 4.78 is 5.33. The van der Waals surface area contributed by atoms with Gasteiger partial charge in [0, 0.05) is 6.08 Å². The van der Waals surface area contributed by atoms with E-state index in [9.17, 15) is 4.79 Å². The Balaban J connectivity index is 3.27. The maximum atomic E-state index is 11.8. The molecule has 0 aliphatic carbocycles. The highest BCUT2D eigenvalue weighted by Crippen LogP contribution is 2.15. The van der Waals surface area contributed by atoms with Crippen LogP contribution < -0.4 is 0 Å². The van der Waals surface area contributed by atoms with E-state index in [1.165, 1.54) is 180 Å². The lowest BCUT2D eigenvalue weighted by Crippen LogP contribution is -2.02. The van der Waals surface area contributed by atoms with Gasteiger partial charge in [-0.15, -0.1) is 0 Å². The zero-order chi connectivity index (χ0) is 29.0. The number of rotatable bonds is 33. The molecule has 40 heavy (non-hydrogen) atoms. The van der Waals surface area contributed by atoms with E-state index in [0.29, 0.717) is 6.61 Å². The smallest absolute Gasteiger partial charge is 0.330 e. The molecule has 0 saturated heterocycles. The van der Waals surface area contributed by atoms with E-state index < -0.39 is 0 Å². The zero-order valence-electron chi connectivity index (χ0n) is 27.5. The van der Waals surface area contributed by atoms with Crippen molar-refractivity contribution in [1.82, 2.24) is 0 Å². The number of esters is 1. The van der Waals surface area contributed by atoms with Crippen LogP contribution in [0.5, 0.6) is 0 Å². The molecule has 0 aromatic carbocycles. The van der Waals surface area contributed by atoms with Gasteiger partial charge in [-0.2, -0.15) is 0 Å². The summed E-state index contributed by atoms with van der Waals surface area (Å²) in [5, 5.41) is 0. The van der Waals surface area contributed by atoms with Crippen LogP contribution in [-0.4, -0.2) is 12.6 Å². The quantitative estimate of drug-likeness (QED) is 0.0345. The number of ether oxygens (including phenoxy) is 1. The lowest BCUT2D eigenvalue weighted by molar-refractivity contribution is -0.137. The predicted molar refractivity (Wildman–Crippen MR) is 179 cm³/mol. The molecule has 2 heteroatoms. The highest BCUT2D eigenvalue weighted by atomic mass is 16.5. The first-order valence-electron chi connectivity index (χ1n) is 18.3. The predicted octanol–water partition coefficient (Wildman–Crippen LogP) is 13.4. The van der Waals surface area contributed by atoms with Crippen LogP contribution in [0.4, 0.5) is 0 Å². The van der Waals surface area contributed by atoms with Gasteiger partial charge in [-0.1, -0.05) is 205 Å². The fourth-order valence-corrected chi connectivity index (χ4v) is 5.46. The summed E-state index contributed by atoms with van der Waals surface area (Å²) in [5.74, 6) is -0.202. The fraction of sp³-hybridized carbons (Fsp3) is 0.868. The molecular formula is C38H72O2. The van der Waals surface area contributed by atoms with Gasteiger partial charge in [0.25, 0.3) is 0 Å². The van der Waals surface area contributed by atoms with E-state index in [2.05, 4.69) is 19.9 Å². The molecule has 0 amide bonds. The summed E-state index contributed by atoms with van der Waals surface area (Å²) in [5.41, 5.74) is 0. The fourth-order valence-electron chi connectivity index (χ4n) is 5.46. The third-order valence-corrected chi connectivity index (χ3v) is 8.20. The van der Waals surface area contributed by atoms with E-state index in [1.807, 2.05) is 12.2 Å². The van der Waals surface area contributed by atoms with Crippen LogP contribution in [0.15, 0.2) is 24.3 Å². The van der Waals surface area contributed by atoms with Crippen molar-refractivity contribution in [2.45, 2.75) is 206 Å². The Morgan fingerprint density at radius 3 is 1.12 bits per heavy atom. The van der Waals surface area contributed by atoms with Crippen molar-refractivity contribution in [2.75, 3.05) is 6.61 Å². The molecule has 0 aliphatic rings. The number of hydrogen-bond acceptors (Lipinski definition) is 2. The maximum Gasteiger partial charge on any atom is 0.330 e. The van der Waals surface area contributed by atoms with Gasteiger partial charge in [0.2, 0.25) is 0 Å². The molecule has 0 aromatic rings. The maximum absolute atomic E-state index is 11.8. The Labute approximate surface area is 252 Å². The lowest BCUT2D eigenvalue weighted by Gasteiger charge is -2.04. The molecule has 0 bridgehead atoms. The first-order valence-corrected chi connectivity index (χ1v) is 18.3. The number of allylic oxidation sites excluding steroid dienone is 3. The van der Waals surface area contributed by atoms with Crippen LogP contribution in [0.3, 0.4) is 0 Å². The monoisotopic (exact) mass is 561 g/mol. The molecule has 236 valence electrons. The molecule has 0 atom stereocenters. The molecule has 0 aromatic heterocycles. The third-order valence-electron chi connectivity index (χ3n) is 8.20. The minimum absolute atomic E-state index is 0.202. The number of hydrogen-bond donors (Lipinski definition) is 0. The standard InChI is InChI=1S/C38H72O2/c1-3-5-7-9-11-13-15-17-19-21-22-24-26-28-30-32-34-36-38(39)40-37-35-33-31-29-27-25-23-20-18-16-14-12-10-8-6-4-2/h30,32,34,36H,3-29,31,33,35,37H2,1-2H3. The van der Waals surface area contributed by atoms with Gasteiger partial charge >= 0.3 is 5.97 Å². The van der Waals surface area contributed by atoms with E-state index in [-0.39, 0.29) is 5.97 Å². The van der Waals surface area contributed by atoms with Crippen molar-refractivity contribution in [3.8, 4) is 0 Å². The average Bonchev–Trinajstić information content (AvgIpc) is 2.96. The van der Waals surface area contributed by atoms with Crippen molar-refractivity contribution in [3.63, 3.8) is 0 Å². The topological polar surface area (TPSA) is 26.3 Å². The minimum atomic E-state index is -0.202. The minimum Gasteiger partial charge on any atom is -0.463 e. The van der Waals surface area contributed by atoms with Crippen LogP contribution in [0.25, 0.3) is 0 Å². The van der Waals surface area contributed by atoms with Crippen molar-refractivity contribution < 1.29 is 9.53 Å². The van der Waals surface area contributed by atoms with E-state index >= 15 is 0 Å². The molecule has 0 saturated carbocycles. The second-order valence-electron chi connectivity index (χ2n) is 12.3. The van der Waals surface area contributed by atoms with Gasteiger partial charge in [0.15, 0.2) is 0 Å². The molecule has 0 N–H and O–H groups in total. The molecule has 0 spiro atoms. The van der Waals surface area contributed by atoms with Gasteiger partial charge < -0.3 is 4.74 Å². The molecule has 0 unspecified atom stereocenters. The second-order valence-corrected chi connectivity index (χ2v) is 12.3. The van der Waals surface area contributed by atoms with Gasteiger partial charge in [-0.3, -0.25) is 0 Å². The van der Waals surface area contributed by atoms with Crippen molar-refractivity contribution >= 4 is 5.97 Å². The third kappa shape index (κ3) is 35.0. The highest BCUT2D eigenvalue weighted by Gasteiger charge is 1.98. The Morgan fingerprint density at radius 1 is 0.425 bits per heavy atom. The van der Waals surface area contributed by atoms with E-state index in [1.54, 1.807) is 6.08 Å². The zero-order valence-corrected chi connectivity index (χ0v) is 27.5. The van der Waals surface area contributed by atoms with Crippen LogP contribution in [-0.2, 0) is 9.53 Å². The Hall–Kier alpha value is -1.05. The van der Waals surface area contributed by atoms with Crippen LogP contribution in [0.1, 0.15) is 206 Å². The molecular weight excluding hydrogens is 488 g/mol. The van der Waals surface area contributed by atoms with Crippen molar-refractivity contribution in [1.29, 1.82) is 0 Å². The summed E-state index contributed by atoms with van der Waals surface area (Å²) in [6.45, 7) is 5.13. The molecule has 0 radical (unpaired) electrons. The first-order chi connectivity index (χ1) is 19.8. The summed E-state index contributed by atoms with van der Waals surface area (Å²) in [4.78, 5) is 11.8. The normalized spacial score (nSPS) is 11.8. The Bertz CT molecular complexity index is 536. The van der Waals surface area contributed by atoms with Gasteiger partial charge in [0.1, 0.15) is 0 Å². The van der Waals surface area contributed by atoms with Gasteiger partial charge in [-0.05, 0) is 19.3 Å². The lowest BCUT2D eigenvalue weighted by atomic mass is 10.0. The average molecular weight is 561 g/mol. The van der Waals surface area contributed by atoms with Gasteiger partial charge in [0.05, 0.1) is 6.61 Å². The largest absolute Gasteiger partial charge is 0.463 e. The van der Waals surface area contributed by atoms with E-state index in [4.69, 9.17) is 4.74 Å². The number of unbranched alkanes of at least 4 members (excludes halogenated alkanes) is 28. The molecule has 2 nitrogen and oxygen atoms in total. The van der Waals surface area contributed by atoms with E-state index in [0.717, 1.165) is 12.8 Å². The Kier molecular flexibility index (Phi) is 35.0. The summed E-state index contributed by atoms with van der Waals surface area (Å²) in [7, 11) is 0. The number of carbonyl (C=O) groups is 1.